The van der Waals surface area contributed by atoms with Gasteiger partial charge in [0.1, 0.15) is 0 Å². The van der Waals surface area contributed by atoms with Gasteiger partial charge in [-0.25, -0.2) is 0 Å². The van der Waals surface area contributed by atoms with Gasteiger partial charge >= 0.3 is 0 Å². The van der Waals surface area contributed by atoms with Gasteiger partial charge in [0, 0.05) is 52.7 Å². The molecule has 0 aliphatic heterocycles. The summed E-state index contributed by atoms with van der Waals surface area (Å²) in [5, 5.41) is 5.05. The zero-order valence-corrected chi connectivity index (χ0v) is 16.9. The average Bonchev–Trinajstić information content (AvgIpc) is 3.09. The van der Waals surface area contributed by atoms with E-state index >= 15 is 0 Å². The van der Waals surface area contributed by atoms with Gasteiger partial charge in [-0.15, -0.1) is 0 Å². The van der Waals surface area contributed by atoms with Crippen LogP contribution in [0.2, 0.25) is 5.02 Å². The van der Waals surface area contributed by atoms with Crippen molar-refractivity contribution in [2.75, 3.05) is 6.54 Å². The summed E-state index contributed by atoms with van der Waals surface area (Å²) in [7, 11) is 2.01. The third-order valence-corrected chi connectivity index (χ3v) is 6.49. The Morgan fingerprint density at radius 3 is 2.71 bits per heavy atom. The number of benzene rings is 2. The van der Waals surface area contributed by atoms with Crippen molar-refractivity contribution in [1.29, 1.82) is 0 Å². The molecule has 28 heavy (non-hydrogen) atoms. The van der Waals surface area contributed by atoms with E-state index < -0.39 is 0 Å². The first-order valence-corrected chi connectivity index (χ1v) is 10.2. The quantitative estimate of drug-likeness (QED) is 0.687. The number of aromatic nitrogens is 1. The van der Waals surface area contributed by atoms with Crippen LogP contribution in [0.1, 0.15) is 41.6 Å². The number of amides is 1. The van der Waals surface area contributed by atoms with Gasteiger partial charge in [-0.3, -0.25) is 4.79 Å². The summed E-state index contributed by atoms with van der Waals surface area (Å²) in [6.45, 7) is 0.596. The molecule has 3 aromatic rings. The van der Waals surface area contributed by atoms with Crippen LogP contribution in [0.15, 0.2) is 54.7 Å². The van der Waals surface area contributed by atoms with Gasteiger partial charge in [0.2, 0.25) is 0 Å². The number of hydrogen-bond donors (Lipinski definition) is 2. The van der Waals surface area contributed by atoms with E-state index in [4.69, 9.17) is 17.3 Å². The monoisotopic (exact) mass is 395 g/mol. The number of nitrogens with two attached hydrogens (primary N) is 1. The highest BCUT2D eigenvalue weighted by molar-refractivity contribution is 6.30. The van der Waals surface area contributed by atoms with Crippen LogP contribution in [0.4, 0.5) is 0 Å². The number of halogens is 1. The molecule has 1 aliphatic carbocycles. The molecule has 1 aliphatic rings. The number of rotatable bonds is 4. The second-order valence-corrected chi connectivity index (χ2v) is 8.38. The number of carbonyl (C=O) groups excluding carboxylic acids is 1. The maximum Gasteiger partial charge on any atom is 0.251 e. The number of aryl methyl sites for hydroxylation is 1. The van der Waals surface area contributed by atoms with Gasteiger partial charge in [-0.05, 0) is 67.6 Å². The van der Waals surface area contributed by atoms with Crippen LogP contribution in [0.3, 0.4) is 0 Å². The Morgan fingerprint density at radius 2 is 2.00 bits per heavy atom. The summed E-state index contributed by atoms with van der Waals surface area (Å²) in [6, 6.07) is 16.1. The van der Waals surface area contributed by atoms with E-state index in [1.165, 1.54) is 5.56 Å². The highest BCUT2D eigenvalue weighted by atomic mass is 35.5. The molecule has 0 bridgehead atoms. The second kappa shape index (κ2) is 7.61. The predicted octanol–water partition coefficient (Wildman–Crippen LogP) is 4.40. The normalized spacial score (nSPS) is 22.3. The molecule has 1 amide bonds. The van der Waals surface area contributed by atoms with Gasteiger partial charge in [-0.1, -0.05) is 23.7 Å². The lowest BCUT2D eigenvalue weighted by molar-refractivity contribution is 0.0918. The minimum atomic E-state index is -0.0466. The van der Waals surface area contributed by atoms with Crippen molar-refractivity contribution in [3.8, 4) is 0 Å². The first-order chi connectivity index (χ1) is 13.5. The summed E-state index contributed by atoms with van der Waals surface area (Å²) in [4.78, 5) is 12.7. The highest BCUT2D eigenvalue weighted by Crippen LogP contribution is 2.39. The molecule has 4 nitrogen and oxygen atoms in total. The molecule has 0 radical (unpaired) electrons. The predicted molar refractivity (Wildman–Crippen MR) is 115 cm³/mol. The lowest BCUT2D eigenvalue weighted by Gasteiger charge is -2.40. The molecule has 146 valence electrons. The largest absolute Gasteiger partial charge is 0.351 e. The molecule has 1 aromatic heterocycles. The molecule has 2 aromatic carbocycles. The van der Waals surface area contributed by atoms with E-state index in [0.717, 1.165) is 41.6 Å². The Hall–Kier alpha value is -2.30. The van der Waals surface area contributed by atoms with E-state index in [9.17, 15) is 4.79 Å². The number of carbonyl (C=O) groups is 1. The standard InChI is InChI=1S/C23H26ClN3O/c1-27-12-9-16-13-17(5-6-21(16)27)22(28)26-20-7-10-23(15-25,11-8-20)18-3-2-4-19(24)14-18/h2-6,9,12-14,20H,7-8,10-11,15,25H2,1H3,(H,26,28)/t20-,23-. The summed E-state index contributed by atoms with van der Waals surface area (Å²) in [5.41, 5.74) is 9.18. The van der Waals surface area contributed by atoms with Crippen LogP contribution in [0.5, 0.6) is 0 Å². The number of fused-ring (bicyclic) bond motifs is 1. The van der Waals surface area contributed by atoms with Crippen LogP contribution in [-0.4, -0.2) is 23.1 Å². The van der Waals surface area contributed by atoms with E-state index in [2.05, 4.69) is 16.0 Å². The smallest absolute Gasteiger partial charge is 0.251 e. The fourth-order valence-electron chi connectivity index (χ4n) is 4.44. The van der Waals surface area contributed by atoms with E-state index in [-0.39, 0.29) is 17.4 Å². The highest BCUT2D eigenvalue weighted by Gasteiger charge is 2.36. The number of hydrogen-bond acceptors (Lipinski definition) is 2. The third-order valence-electron chi connectivity index (χ3n) is 6.25. The number of nitrogens with zero attached hydrogens (tertiary/aromatic N) is 1. The van der Waals surface area contributed by atoms with Crippen molar-refractivity contribution in [2.24, 2.45) is 12.8 Å². The van der Waals surface area contributed by atoms with Gasteiger partial charge in [-0.2, -0.15) is 0 Å². The zero-order valence-electron chi connectivity index (χ0n) is 16.1. The van der Waals surface area contributed by atoms with Crippen molar-refractivity contribution in [3.05, 3.63) is 70.9 Å². The molecular formula is C23H26ClN3O. The van der Waals surface area contributed by atoms with Gasteiger partial charge in [0.15, 0.2) is 0 Å². The molecule has 0 spiro atoms. The van der Waals surface area contributed by atoms with Crippen LogP contribution in [-0.2, 0) is 12.5 Å². The SMILES string of the molecule is Cn1ccc2cc(C(=O)N[C@H]3CC[C@](CN)(c4cccc(Cl)c4)CC3)ccc21. The van der Waals surface area contributed by atoms with Crippen molar-refractivity contribution in [2.45, 2.75) is 37.1 Å². The Balaban J connectivity index is 1.43. The Labute approximate surface area is 170 Å². The Morgan fingerprint density at radius 1 is 1.21 bits per heavy atom. The van der Waals surface area contributed by atoms with Crippen LogP contribution >= 0.6 is 11.6 Å². The molecule has 0 saturated heterocycles. The van der Waals surface area contributed by atoms with E-state index in [1.807, 2.05) is 55.7 Å². The third kappa shape index (κ3) is 3.54. The zero-order chi connectivity index (χ0) is 19.7. The topological polar surface area (TPSA) is 60.0 Å². The molecular weight excluding hydrogens is 370 g/mol. The number of nitrogens with one attached hydrogen (secondary N) is 1. The van der Waals surface area contributed by atoms with Crippen molar-refractivity contribution < 1.29 is 4.79 Å². The molecule has 1 saturated carbocycles. The Bertz CT molecular complexity index is 1000. The van der Waals surface area contributed by atoms with Gasteiger partial charge in [0.05, 0.1) is 0 Å². The van der Waals surface area contributed by atoms with Crippen molar-refractivity contribution in [1.82, 2.24) is 9.88 Å². The Kier molecular flexibility index (Phi) is 5.17. The summed E-state index contributed by atoms with van der Waals surface area (Å²) < 4.78 is 2.06. The fourth-order valence-corrected chi connectivity index (χ4v) is 4.63. The summed E-state index contributed by atoms with van der Waals surface area (Å²) in [5.74, 6) is -0.00115. The summed E-state index contributed by atoms with van der Waals surface area (Å²) in [6.07, 6.45) is 5.75. The maximum absolute atomic E-state index is 12.7. The second-order valence-electron chi connectivity index (χ2n) is 7.94. The maximum atomic E-state index is 12.7. The molecule has 1 fully saturated rings. The first-order valence-electron chi connectivity index (χ1n) is 9.83. The van der Waals surface area contributed by atoms with Crippen molar-refractivity contribution in [3.63, 3.8) is 0 Å². The summed E-state index contributed by atoms with van der Waals surface area (Å²) >= 11 is 6.19. The minimum Gasteiger partial charge on any atom is -0.351 e. The fraction of sp³-hybridized carbons (Fsp3) is 0.348. The van der Waals surface area contributed by atoms with Crippen LogP contribution in [0.25, 0.3) is 10.9 Å². The molecule has 3 N–H and O–H groups in total. The lowest BCUT2D eigenvalue weighted by Crippen LogP contribution is -2.45. The molecule has 4 rings (SSSR count). The first kappa shape index (κ1) is 19.0. The molecule has 0 unspecified atom stereocenters. The van der Waals surface area contributed by atoms with Crippen LogP contribution < -0.4 is 11.1 Å². The average molecular weight is 396 g/mol. The molecule has 0 atom stereocenters. The van der Waals surface area contributed by atoms with E-state index in [0.29, 0.717) is 12.1 Å². The molecule has 1 heterocycles. The van der Waals surface area contributed by atoms with Gasteiger partial charge in [0.25, 0.3) is 5.91 Å². The molecule has 5 heteroatoms. The van der Waals surface area contributed by atoms with Crippen LogP contribution in [0, 0.1) is 0 Å². The van der Waals surface area contributed by atoms with Crippen molar-refractivity contribution >= 4 is 28.4 Å². The van der Waals surface area contributed by atoms with Gasteiger partial charge < -0.3 is 15.6 Å². The minimum absolute atomic E-state index is 0.00115. The van der Waals surface area contributed by atoms with E-state index in [1.54, 1.807) is 0 Å². The lowest BCUT2D eigenvalue weighted by atomic mass is 9.68.